The van der Waals surface area contributed by atoms with Crippen LogP contribution >= 0.6 is 0 Å². The minimum absolute atomic E-state index is 0.170. The number of aromatic nitrogens is 2. The Morgan fingerprint density at radius 2 is 2.06 bits per heavy atom. The fraction of sp³-hybridized carbons (Fsp3) is 0.0769. The van der Waals surface area contributed by atoms with Crippen LogP contribution in [0.5, 0.6) is 0 Å². The Balaban J connectivity index is 1.95. The number of rotatable bonds is 2. The van der Waals surface area contributed by atoms with Gasteiger partial charge < -0.3 is 5.32 Å². The molecule has 0 unspecified atom stereocenters. The zero-order valence-electron chi connectivity index (χ0n) is 9.71. The Bertz CT molecular complexity index is 649. The summed E-state index contributed by atoms with van der Waals surface area (Å²) in [4.78, 5) is 23.4. The van der Waals surface area contributed by atoms with Gasteiger partial charge in [0.15, 0.2) is 0 Å². The van der Waals surface area contributed by atoms with Gasteiger partial charge in [-0.2, -0.15) is 0 Å². The number of nitrogens with zero attached hydrogens (tertiary/aromatic N) is 3. The first-order valence-corrected chi connectivity index (χ1v) is 5.51. The highest BCUT2D eigenvalue weighted by Gasteiger charge is 2.20. The largest absolute Gasteiger partial charge is 0.340 e. The molecule has 1 aliphatic heterocycles. The zero-order chi connectivity index (χ0) is 12.5. The number of benzene rings is 1. The highest BCUT2D eigenvalue weighted by Crippen LogP contribution is 2.24. The molecule has 1 amide bonds. The molecule has 5 heteroatoms. The van der Waals surface area contributed by atoms with Crippen molar-refractivity contribution in [2.75, 3.05) is 5.32 Å². The van der Waals surface area contributed by atoms with Crippen LogP contribution < -0.4 is 5.32 Å². The van der Waals surface area contributed by atoms with Gasteiger partial charge in [-0.3, -0.25) is 4.79 Å². The molecule has 1 aliphatic rings. The molecule has 2 aromatic rings. The first-order valence-electron chi connectivity index (χ1n) is 5.51. The second-order valence-electron chi connectivity index (χ2n) is 3.98. The van der Waals surface area contributed by atoms with Crippen LogP contribution in [0.3, 0.4) is 0 Å². The smallest absolute Gasteiger partial charge is 0.277 e. The molecule has 5 nitrogen and oxygen atoms in total. The van der Waals surface area contributed by atoms with Crippen LogP contribution in [-0.2, 0) is 0 Å². The highest BCUT2D eigenvalue weighted by atomic mass is 16.1. The van der Waals surface area contributed by atoms with E-state index < -0.39 is 0 Å². The standard InChI is InChI=1S/C13H10N4O/c1-8-11-6-9(2-3-10(11)13(18)16-8)17-12-4-5-14-7-15-12/h2-7H,1H3,(H,14,15,17). The summed E-state index contributed by atoms with van der Waals surface area (Å²) in [5.41, 5.74) is 3.15. The van der Waals surface area contributed by atoms with E-state index in [9.17, 15) is 4.79 Å². The van der Waals surface area contributed by atoms with Crippen LogP contribution in [0.25, 0.3) is 0 Å². The van der Waals surface area contributed by atoms with Gasteiger partial charge in [-0.1, -0.05) is 0 Å². The molecule has 1 N–H and O–H groups in total. The minimum Gasteiger partial charge on any atom is -0.340 e. The maximum atomic E-state index is 11.5. The second-order valence-corrected chi connectivity index (χ2v) is 3.98. The van der Waals surface area contributed by atoms with Gasteiger partial charge in [-0.15, -0.1) is 0 Å². The molecule has 0 atom stereocenters. The Kier molecular flexibility index (Phi) is 2.37. The normalized spacial score (nSPS) is 13.2. The number of fused-ring (bicyclic) bond motifs is 1. The molecule has 3 rings (SSSR count). The fourth-order valence-electron chi connectivity index (χ4n) is 1.89. The monoisotopic (exact) mass is 238 g/mol. The second kappa shape index (κ2) is 4.03. The van der Waals surface area contributed by atoms with E-state index in [-0.39, 0.29) is 5.91 Å². The van der Waals surface area contributed by atoms with Gasteiger partial charge in [0, 0.05) is 23.2 Å². The number of nitrogens with one attached hydrogen (secondary N) is 1. The van der Waals surface area contributed by atoms with Crippen molar-refractivity contribution >= 4 is 23.1 Å². The van der Waals surface area contributed by atoms with Crippen molar-refractivity contribution in [2.45, 2.75) is 6.92 Å². The summed E-state index contributed by atoms with van der Waals surface area (Å²) in [6.45, 7) is 1.83. The van der Waals surface area contributed by atoms with Crippen LogP contribution in [-0.4, -0.2) is 21.6 Å². The van der Waals surface area contributed by atoms with E-state index in [1.165, 1.54) is 6.33 Å². The van der Waals surface area contributed by atoms with Crippen LogP contribution in [0.4, 0.5) is 11.5 Å². The average Bonchev–Trinajstić information content (AvgIpc) is 2.66. The van der Waals surface area contributed by atoms with Gasteiger partial charge in [0.25, 0.3) is 5.91 Å². The van der Waals surface area contributed by atoms with Crippen molar-refractivity contribution in [3.63, 3.8) is 0 Å². The lowest BCUT2D eigenvalue weighted by molar-refractivity contribution is 0.101. The number of carbonyl (C=O) groups is 1. The summed E-state index contributed by atoms with van der Waals surface area (Å²) in [6, 6.07) is 7.30. The van der Waals surface area contributed by atoms with E-state index in [0.717, 1.165) is 17.0 Å². The lowest BCUT2D eigenvalue weighted by atomic mass is 10.1. The van der Waals surface area contributed by atoms with Gasteiger partial charge in [-0.25, -0.2) is 15.0 Å². The summed E-state index contributed by atoms with van der Waals surface area (Å²) < 4.78 is 0. The van der Waals surface area contributed by atoms with Crippen molar-refractivity contribution < 1.29 is 4.79 Å². The van der Waals surface area contributed by atoms with E-state index >= 15 is 0 Å². The third-order valence-corrected chi connectivity index (χ3v) is 2.76. The van der Waals surface area contributed by atoms with E-state index in [4.69, 9.17) is 0 Å². The summed E-state index contributed by atoms with van der Waals surface area (Å²) in [7, 11) is 0. The Morgan fingerprint density at radius 1 is 1.17 bits per heavy atom. The molecule has 1 aromatic carbocycles. The summed E-state index contributed by atoms with van der Waals surface area (Å²) in [5, 5.41) is 3.15. The molecule has 0 fully saturated rings. The van der Waals surface area contributed by atoms with E-state index in [2.05, 4.69) is 20.3 Å². The molecule has 0 bridgehead atoms. The maximum absolute atomic E-state index is 11.5. The van der Waals surface area contributed by atoms with E-state index in [1.54, 1.807) is 18.3 Å². The van der Waals surface area contributed by atoms with Crippen LogP contribution in [0.2, 0.25) is 0 Å². The van der Waals surface area contributed by atoms with Gasteiger partial charge in [0.1, 0.15) is 12.1 Å². The molecule has 0 spiro atoms. The lowest BCUT2D eigenvalue weighted by Gasteiger charge is -2.06. The number of aliphatic imine (C=N–C) groups is 1. The number of anilines is 2. The van der Waals surface area contributed by atoms with Crippen LogP contribution in [0.1, 0.15) is 22.8 Å². The lowest BCUT2D eigenvalue weighted by Crippen LogP contribution is -1.98. The van der Waals surface area contributed by atoms with Gasteiger partial charge in [0.05, 0.1) is 5.56 Å². The minimum atomic E-state index is -0.170. The Hall–Kier alpha value is -2.56. The van der Waals surface area contributed by atoms with Gasteiger partial charge in [0.2, 0.25) is 0 Å². The first kappa shape index (κ1) is 10.6. The zero-order valence-corrected chi connectivity index (χ0v) is 9.71. The maximum Gasteiger partial charge on any atom is 0.277 e. The topological polar surface area (TPSA) is 67.2 Å². The quantitative estimate of drug-likeness (QED) is 0.870. The van der Waals surface area contributed by atoms with Crippen LogP contribution in [0.15, 0.2) is 41.8 Å². The third-order valence-electron chi connectivity index (χ3n) is 2.76. The highest BCUT2D eigenvalue weighted by molar-refractivity contribution is 6.20. The molecule has 0 saturated carbocycles. The van der Waals surface area contributed by atoms with Gasteiger partial charge >= 0.3 is 0 Å². The van der Waals surface area contributed by atoms with Crippen molar-refractivity contribution in [1.29, 1.82) is 0 Å². The number of carbonyl (C=O) groups excluding carboxylic acids is 1. The summed E-state index contributed by atoms with van der Waals surface area (Å²) in [5.74, 6) is 0.542. The first-order chi connectivity index (χ1) is 8.74. The number of hydrogen-bond donors (Lipinski definition) is 1. The predicted octanol–water partition coefficient (Wildman–Crippen LogP) is 2.18. The predicted molar refractivity (Wildman–Crippen MR) is 68.3 cm³/mol. The fourth-order valence-corrected chi connectivity index (χ4v) is 1.89. The van der Waals surface area contributed by atoms with Gasteiger partial charge in [-0.05, 0) is 31.2 Å². The molecule has 0 aliphatic carbocycles. The SMILES string of the molecule is CC1=NC(=O)c2ccc(Nc3ccncn3)cc21. The summed E-state index contributed by atoms with van der Waals surface area (Å²) >= 11 is 0. The number of hydrogen-bond acceptors (Lipinski definition) is 4. The molecule has 0 saturated heterocycles. The van der Waals surface area contributed by atoms with E-state index in [1.807, 2.05) is 19.1 Å². The Morgan fingerprint density at radius 3 is 2.83 bits per heavy atom. The van der Waals surface area contributed by atoms with Crippen LogP contribution in [0, 0.1) is 0 Å². The molecule has 2 heterocycles. The van der Waals surface area contributed by atoms with Crippen molar-refractivity contribution in [2.24, 2.45) is 4.99 Å². The molecule has 0 radical (unpaired) electrons. The molecule has 1 aromatic heterocycles. The molecule has 18 heavy (non-hydrogen) atoms. The van der Waals surface area contributed by atoms with Crippen molar-refractivity contribution in [1.82, 2.24) is 9.97 Å². The molecular weight excluding hydrogens is 228 g/mol. The average molecular weight is 238 g/mol. The van der Waals surface area contributed by atoms with Crippen molar-refractivity contribution in [3.05, 3.63) is 47.9 Å². The van der Waals surface area contributed by atoms with Crippen molar-refractivity contribution in [3.8, 4) is 0 Å². The summed E-state index contributed by atoms with van der Waals surface area (Å²) in [6.07, 6.45) is 3.14. The molecular formula is C13H10N4O. The number of amides is 1. The molecule has 88 valence electrons. The van der Waals surface area contributed by atoms with E-state index in [0.29, 0.717) is 11.4 Å². The Labute approximate surface area is 104 Å². The third kappa shape index (κ3) is 1.75.